The fraction of sp³-hybridized carbons (Fsp3) is 0.0870. The van der Waals surface area contributed by atoms with Crippen molar-refractivity contribution < 1.29 is 35.1 Å². The molecule has 3 rings (SSSR count). The molecule has 0 aliphatic carbocycles. The lowest BCUT2D eigenvalue weighted by atomic mass is 10.2. The number of carbonyl (C=O) groups is 1. The number of aliphatic carboxylic acids is 1. The van der Waals surface area contributed by atoms with Crippen LogP contribution in [0.1, 0.15) is 16.7 Å². The minimum absolute atomic E-state index is 0.00954. The fourth-order valence-electron chi connectivity index (χ4n) is 2.70. The molecule has 8 nitrogen and oxygen atoms in total. The van der Waals surface area contributed by atoms with Gasteiger partial charge in [0.15, 0.2) is 0 Å². The van der Waals surface area contributed by atoms with Crippen LogP contribution >= 0.6 is 0 Å². The Kier molecular flexibility index (Phi) is 6.89. The van der Waals surface area contributed by atoms with Crippen LogP contribution in [0.15, 0.2) is 82.6 Å². The topological polar surface area (TPSA) is 124 Å². The van der Waals surface area contributed by atoms with Gasteiger partial charge in [0.2, 0.25) is 0 Å². The van der Waals surface area contributed by atoms with Crippen molar-refractivity contribution in [3.63, 3.8) is 0 Å². The largest absolute Gasteiger partial charge is 0.478 e. The summed E-state index contributed by atoms with van der Waals surface area (Å²) >= 11 is 0. The Morgan fingerprint density at radius 3 is 1.73 bits per heavy atom. The van der Waals surface area contributed by atoms with E-state index >= 15 is 0 Å². The predicted molar refractivity (Wildman–Crippen MR) is 121 cm³/mol. The van der Waals surface area contributed by atoms with Crippen LogP contribution in [0.25, 0.3) is 6.08 Å². The maximum absolute atomic E-state index is 12.6. The minimum atomic E-state index is -4.23. The number of rotatable bonds is 8. The minimum Gasteiger partial charge on any atom is -0.478 e. The Morgan fingerprint density at radius 1 is 0.758 bits per heavy atom. The molecule has 0 saturated heterocycles. The fourth-order valence-corrected chi connectivity index (χ4v) is 4.57. The number of benzene rings is 3. The number of aryl methyl sites for hydroxylation is 2. The maximum atomic E-state index is 12.6. The van der Waals surface area contributed by atoms with Gasteiger partial charge in [-0.3, -0.25) is 0 Å². The van der Waals surface area contributed by atoms with E-state index in [1.54, 1.807) is 31.2 Å². The van der Waals surface area contributed by atoms with Gasteiger partial charge in [-0.2, -0.15) is 16.8 Å². The summed E-state index contributed by atoms with van der Waals surface area (Å²) in [5.41, 5.74) is 1.71. The van der Waals surface area contributed by atoms with Crippen molar-refractivity contribution in [3.05, 3.63) is 89.5 Å². The highest BCUT2D eigenvalue weighted by Gasteiger charge is 2.21. The summed E-state index contributed by atoms with van der Waals surface area (Å²) in [4.78, 5) is 10.8. The van der Waals surface area contributed by atoms with Crippen LogP contribution in [0.5, 0.6) is 11.5 Å². The standard InChI is InChI=1S/C23H20O8S2/c1-16-3-9-20(10-4-16)32(26,27)30-19-8-13-22(18(15-19)7-14-23(24)25)31-33(28,29)21-11-5-17(2)6-12-21/h3-15H,1-2H3,(H,24,25)/b14-7+. The van der Waals surface area contributed by atoms with Gasteiger partial charge in [0, 0.05) is 11.6 Å². The molecular weight excluding hydrogens is 468 g/mol. The third-order valence-electron chi connectivity index (χ3n) is 4.41. The molecule has 0 amide bonds. The zero-order valence-electron chi connectivity index (χ0n) is 17.6. The van der Waals surface area contributed by atoms with Crippen LogP contribution < -0.4 is 8.37 Å². The van der Waals surface area contributed by atoms with Crippen LogP contribution in [0.4, 0.5) is 0 Å². The van der Waals surface area contributed by atoms with Crippen molar-refractivity contribution in [2.24, 2.45) is 0 Å². The zero-order chi connectivity index (χ0) is 24.2. The van der Waals surface area contributed by atoms with E-state index in [0.717, 1.165) is 23.3 Å². The van der Waals surface area contributed by atoms with Gasteiger partial charge in [-0.25, -0.2) is 4.79 Å². The van der Waals surface area contributed by atoms with Gasteiger partial charge in [0.25, 0.3) is 0 Å². The first kappa shape index (κ1) is 24.0. The first-order valence-electron chi connectivity index (χ1n) is 9.54. The molecule has 1 N–H and O–H groups in total. The molecule has 172 valence electrons. The summed E-state index contributed by atoms with van der Waals surface area (Å²) in [5, 5.41) is 8.96. The second-order valence-electron chi connectivity index (χ2n) is 7.07. The SMILES string of the molecule is Cc1ccc(S(=O)(=O)Oc2ccc(OS(=O)(=O)c3ccc(C)cc3)c(/C=C/C(=O)O)c2)cc1. The molecule has 0 aromatic heterocycles. The monoisotopic (exact) mass is 488 g/mol. The molecule has 0 saturated carbocycles. The molecule has 0 unspecified atom stereocenters. The van der Waals surface area contributed by atoms with Crippen molar-refractivity contribution in [1.82, 2.24) is 0 Å². The van der Waals surface area contributed by atoms with Gasteiger partial charge in [0.05, 0.1) is 0 Å². The molecule has 0 radical (unpaired) electrons. The van der Waals surface area contributed by atoms with Gasteiger partial charge in [-0.05, 0) is 62.4 Å². The summed E-state index contributed by atoms with van der Waals surface area (Å²) in [6, 6.07) is 15.6. The molecule has 0 heterocycles. The smallest absolute Gasteiger partial charge is 0.339 e. The third-order valence-corrected chi connectivity index (χ3v) is 6.92. The lowest BCUT2D eigenvalue weighted by Crippen LogP contribution is -2.12. The van der Waals surface area contributed by atoms with E-state index < -0.39 is 26.2 Å². The second-order valence-corrected chi connectivity index (χ2v) is 10.2. The number of hydrogen-bond donors (Lipinski definition) is 1. The van der Waals surface area contributed by atoms with E-state index in [9.17, 15) is 21.6 Å². The summed E-state index contributed by atoms with van der Waals surface area (Å²) < 4.78 is 60.7. The first-order chi connectivity index (χ1) is 15.5. The highest BCUT2D eigenvalue weighted by Crippen LogP contribution is 2.30. The van der Waals surface area contributed by atoms with Crippen LogP contribution in [0, 0.1) is 13.8 Å². The van der Waals surface area contributed by atoms with E-state index in [1.165, 1.54) is 42.5 Å². The van der Waals surface area contributed by atoms with Gasteiger partial charge in [-0.1, -0.05) is 35.4 Å². The average molecular weight is 489 g/mol. The molecule has 10 heteroatoms. The molecule has 0 atom stereocenters. The van der Waals surface area contributed by atoms with Crippen LogP contribution in [0.2, 0.25) is 0 Å². The molecule has 3 aromatic rings. The van der Waals surface area contributed by atoms with E-state index in [1.807, 2.05) is 6.92 Å². The Hall–Kier alpha value is -3.63. The normalized spacial score (nSPS) is 11.9. The summed E-state index contributed by atoms with van der Waals surface area (Å²) in [5.74, 6) is -1.64. The van der Waals surface area contributed by atoms with Gasteiger partial charge < -0.3 is 13.5 Å². The molecule has 0 aliphatic heterocycles. The summed E-state index contributed by atoms with van der Waals surface area (Å²) in [6.07, 6.45) is 1.84. The number of hydrogen-bond acceptors (Lipinski definition) is 7. The Morgan fingerprint density at radius 2 is 1.24 bits per heavy atom. The van der Waals surface area contributed by atoms with Crippen molar-refractivity contribution >= 4 is 32.3 Å². The van der Waals surface area contributed by atoms with Gasteiger partial charge >= 0.3 is 26.2 Å². The zero-order valence-corrected chi connectivity index (χ0v) is 19.3. The third kappa shape index (κ3) is 6.21. The number of carboxylic acids is 1. The highest BCUT2D eigenvalue weighted by molar-refractivity contribution is 7.87. The van der Waals surface area contributed by atoms with Gasteiger partial charge in [0.1, 0.15) is 21.3 Å². The Balaban J connectivity index is 1.96. The van der Waals surface area contributed by atoms with E-state index in [-0.39, 0.29) is 26.9 Å². The first-order valence-corrected chi connectivity index (χ1v) is 12.4. The van der Waals surface area contributed by atoms with Crippen molar-refractivity contribution in [2.45, 2.75) is 23.6 Å². The lowest BCUT2D eigenvalue weighted by molar-refractivity contribution is -0.131. The Bertz CT molecular complexity index is 1400. The maximum Gasteiger partial charge on any atom is 0.339 e. The summed E-state index contributed by atoms with van der Waals surface area (Å²) in [7, 11) is -8.40. The predicted octanol–water partition coefficient (Wildman–Crippen LogP) is 3.94. The van der Waals surface area contributed by atoms with E-state index in [4.69, 9.17) is 13.5 Å². The van der Waals surface area contributed by atoms with Gasteiger partial charge in [-0.15, -0.1) is 0 Å². The lowest BCUT2D eigenvalue weighted by Gasteiger charge is -2.12. The molecule has 33 heavy (non-hydrogen) atoms. The van der Waals surface area contributed by atoms with Crippen LogP contribution in [-0.2, 0) is 25.0 Å². The quantitative estimate of drug-likeness (QED) is 0.374. The summed E-state index contributed by atoms with van der Waals surface area (Å²) in [6.45, 7) is 3.61. The molecule has 0 fully saturated rings. The molecular formula is C23H20O8S2. The molecule has 0 spiro atoms. The van der Waals surface area contributed by atoms with Crippen molar-refractivity contribution in [2.75, 3.05) is 0 Å². The molecule has 3 aromatic carbocycles. The van der Waals surface area contributed by atoms with Crippen molar-refractivity contribution in [3.8, 4) is 11.5 Å². The van der Waals surface area contributed by atoms with E-state index in [2.05, 4.69) is 0 Å². The number of carboxylic acid groups (broad SMARTS) is 1. The highest BCUT2D eigenvalue weighted by atomic mass is 32.2. The Labute approximate surface area is 192 Å². The molecule has 0 aliphatic rings. The molecule has 0 bridgehead atoms. The average Bonchev–Trinajstić information content (AvgIpc) is 2.74. The van der Waals surface area contributed by atoms with Crippen molar-refractivity contribution in [1.29, 1.82) is 0 Å². The van der Waals surface area contributed by atoms with Crippen LogP contribution in [-0.4, -0.2) is 27.9 Å². The van der Waals surface area contributed by atoms with Crippen LogP contribution in [0.3, 0.4) is 0 Å². The second kappa shape index (κ2) is 9.47. The van der Waals surface area contributed by atoms with E-state index in [0.29, 0.717) is 0 Å².